The second-order valence-corrected chi connectivity index (χ2v) is 4.12. The Hall–Kier alpha value is -1.61. The van der Waals surface area contributed by atoms with Crippen LogP contribution in [0.5, 0.6) is 0 Å². The molecule has 0 saturated carbocycles. The number of benzene rings is 1. The summed E-state index contributed by atoms with van der Waals surface area (Å²) < 4.78 is 0. The fourth-order valence-electron chi connectivity index (χ4n) is 1.56. The number of allylic oxidation sites excluding steroid dienone is 2. The molecule has 1 aromatic carbocycles. The van der Waals surface area contributed by atoms with Crippen molar-refractivity contribution in [2.24, 2.45) is 0 Å². The largest absolute Gasteiger partial charge is 0.287 e. The van der Waals surface area contributed by atoms with Crippen LogP contribution < -0.4 is 10.9 Å². The fourth-order valence-corrected chi connectivity index (χ4v) is 1.56. The maximum Gasteiger partial charge on any atom is 0.265 e. The van der Waals surface area contributed by atoms with Crippen molar-refractivity contribution in [3.63, 3.8) is 0 Å². The smallest absolute Gasteiger partial charge is 0.265 e. The molecule has 0 heterocycles. The third-order valence-electron chi connectivity index (χ3n) is 2.56. The zero-order valence-corrected chi connectivity index (χ0v) is 11.0. The number of unbranched alkanes of at least 4 members (excludes halogenated alkanes) is 2. The van der Waals surface area contributed by atoms with Gasteiger partial charge in [-0.1, -0.05) is 37.3 Å². The predicted octanol–water partition coefficient (Wildman–Crippen LogP) is 3.06. The van der Waals surface area contributed by atoms with E-state index in [0.717, 1.165) is 32.2 Å². The number of nitrogens with one attached hydrogen (secondary N) is 2. The molecule has 0 fully saturated rings. The van der Waals surface area contributed by atoms with Crippen molar-refractivity contribution in [1.29, 1.82) is 0 Å². The molecule has 1 amide bonds. The SMILES string of the molecule is CC/C=C/CCCCNNC(=O)c1ccccc1. The number of rotatable bonds is 8. The normalized spacial score (nSPS) is 10.7. The molecule has 0 bridgehead atoms. The van der Waals surface area contributed by atoms with Gasteiger partial charge in [0.05, 0.1) is 0 Å². The van der Waals surface area contributed by atoms with Gasteiger partial charge in [0, 0.05) is 12.1 Å². The van der Waals surface area contributed by atoms with E-state index in [1.54, 1.807) is 12.1 Å². The lowest BCUT2D eigenvalue weighted by Crippen LogP contribution is -2.37. The van der Waals surface area contributed by atoms with Crippen LogP contribution in [0.2, 0.25) is 0 Å². The van der Waals surface area contributed by atoms with Crippen LogP contribution in [0, 0.1) is 0 Å². The van der Waals surface area contributed by atoms with Crippen LogP contribution >= 0.6 is 0 Å². The van der Waals surface area contributed by atoms with Crippen LogP contribution in [0.15, 0.2) is 42.5 Å². The van der Waals surface area contributed by atoms with Crippen molar-refractivity contribution in [1.82, 2.24) is 10.9 Å². The van der Waals surface area contributed by atoms with Gasteiger partial charge < -0.3 is 0 Å². The number of carbonyl (C=O) groups is 1. The van der Waals surface area contributed by atoms with E-state index in [1.165, 1.54) is 0 Å². The van der Waals surface area contributed by atoms with Crippen molar-refractivity contribution in [3.8, 4) is 0 Å². The highest BCUT2D eigenvalue weighted by molar-refractivity contribution is 5.93. The monoisotopic (exact) mass is 246 g/mol. The molecule has 0 aliphatic heterocycles. The highest BCUT2D eigenvalue weighted by Crippen LogP contribution is 1.98. The van der Waals surface area contributed by atoms with Crippen LogP contribution in [0.1, 0.15) is 43.0 Å². The van der Waals surface area contributed by atoms with Gasteiger partial charge in [-0.3, -0.25) is 10.2 Å². The van der Waals surface area contributed by atoms with E-state index in [0.29, 0.717) is 5.56 Å². The molecule has 98 valence electrons. The first-order valence-corrected chi connectivity index (χ1v) is 6.58. The zero-order valence-electron chi connectivity index (χ0n) is 11.0. The molecule has 18 heavy (non-hydrogen) atoms. The van der Waals surface area contributed by atoms with Gasteiger partial charge in [-0.25, -0.2) is 5.43 Å². The molecule has 0 saturated heterocycles. The lowest BCUT2D eigenvalue weighted by atomic mass is 10.2. The molecular formula is C15H22N2O. The molecule has 0 aliphatic carbocycles. The molecule has 0 unspecified atom stereocenters. The molecule has 1 aromatic rings. The highest BCUT2D eigenvalue weighted by atomic mass is 16.2. The van der Waals surface area contributed by atoms with Crippen LogP contribution in [0.3, 0.4) is 0 Å². The zero-order chi connectivity index (χ0) is 13.1. The average molecular weight is 246 g/mol. The first-order valence-electron chi connectivity index (χ1n) is 6.58. The Morgan fingerprint density at radius 2 is 1.94 bits per heavy atom. The minimum Gasteiger partial charge on any atom is -0.287 e. The summed E-state index contributed by atoms with van der Waals surface area (Å²) >= 11 is 0. The Morgan fingerprint density at radius 3 is 2.67 bits per heavy atom. The summed E-state index contributed by atoms with van der Waals surface area (Å²) in [5.74, 6) is -0.0820. The molecule has 1 rings (SSSR count). The van der Waals surface area contributed by atoms with Gasteiger partial charge in [-0.2, -0.15) is 0 Å². The van der Waals surface area contributed by atoms with Gasteiger partial charge in [0.2, 0.25) is 0 Å². The minimum atomic E-state index is -0.0820. The summed E-state index contributed by atoms with van der Waals surface area (Å²) in [6.07, 6.45) is 8.81. The highest BCUT2D eigenvalue weighted by Gasteiger charge is 2.01. The van der Waals surface area contributed by atoms with Crippen molar-refractivity contribution in [2.45, 2.75) is 32.6 Å². The van der Waals surface area contributed by atoms with Crippen LogP contribution in [-0.4, -0.2) is 12.5 Å². The minimum absolute atomic E-state index is 0.0820. The molecule has 3 heteroatoms. The quantitative estimate of drug-likeness (QED) is 0.420. The summed E-state index contributed by atoms with van der Waals surface area (Å²) in [5, 5.41) is 0. The number of carbonyl (C=O) groups excluding carboxylic acids is 1. The summed E-state index contributed by atoms with van der Waals surface area (Å²) in [6.45, 7) is 2.94. The Balaban J connectivity index is 2.05. The Labute approximate surface area is 109 Å². The predicted molar refractivity (Wildman–Crippen MR) is 75.2 cm³/mol. The molecule has 0 aromatic heterocycles. The molecule has 2 N–H and O–H groups in total. The maximum atomic E-state index is 11.6. The van der Waals surface area contributed by atoms with Crippen molar-refractivity contribution in [3.05, 3.63) is 48.0 Å². The molecule has 3 nitrogen and oxygen atoms in total. The third-order valence-corrected chi connectivity index (χ3v) is 2.56. The van der Waals surface area contributed by atoms with Crippen molar-refractivity contribution in [2.75, 3.05) is 6.54 Å². The first kappa shape index (κ1) is 14.5. The Bertz CT molecular complexity index is 360. The van der Waals surface area contributed by atoms with E-state index in [2.05, 4.69) is 29.9 Å². The summed E-state index contributed by atoms with van der Waals surface area (Å²) in [4.78, 5) is 11.6. The third kappa shape index (κ3) is 6.21. The number of hydrazine groups is 1. The topological polar surface area (TPSA) is 41.1 Å². The molecule has 0 radical (unpaired) electrons. The second kappa shape index (κ2) is 9.42. The standard InChI is InChI=1S/C15H22N2O/c1-2-3-4-5-6-10-13-16-17-15(18)14-11-8-7-9-12-14/h3-4,7-9,11-12,16H,2,5-6,10,13H2,1H3,(H,17,18)/b4-3+. The average Bonchev–Trinajstić information content (AvgIpc) is 2.42. The summed E-state index contributed by atoms with van der Waals surface area (Å²) in [6, 6.07) is 9.21. The van der Waals surface area contributed by atoms with E-state index < -0.39 is 0 Å². The van der Waals surface area contributed by atoms with Gasteiger partial charge in [0.25, 0.3) is 5.91 Å². The van der Waals surface area contributed by atoms with E-state index in [9.17, 15) is 4.79 Å². The fraction of sp³-hybridized carbons (Fsp3) is 0.400. The Morgan fingerprint density at radius 1 is 1.17 bits per heavy atom. The van der Waals surface area contributed by atoms with E-state index >= 15 is 0 Å². The van der Waals surface area contributed by atoms with E-state index in [4.69, 9.17) is 0 Å². The van der Waals surface area contributed by atoms with Crippen LogP contribution in [0.25, 0.3) is 0 Å². The van der Waals surface area contributed by atoms with Crippen molar-refractivity contribution < 1.29 is 4.79 Å². The van der Waals surface area contributed by atoms with Gasteiger partial charge in [-0.15, -0.1) is 0 Å². The van der Waals surface area contributed by atoms with E-state index in [1.807, 2.05) is 18.2 Å². The lowest BCUT2D eigenvalue weighted by molar-refractivity contribution is 0.0933. The number of amides is 1. The molecule has 0 spiro atoms. The Kier molecular flexibility index (Phi) is 7.57. The number of hydrogen-bond acceptors (Lipinski definition) is 2. The van der Waals surface area contributed by atoms with Crippen molar-refractivity contribution >= 4 is 5.91 Å². The van der Waals surface area contributed by atoms with Gasteiger partial charge in [0.1, 0.15) is 0 Å². The molecule has 0 atom stereocenters. The number of hydrogen-bond donors (Lipinski definition) is 2. The lowest BCUT2D eigenvalue weighted by Gasteiger charge is -2.06. The summed E-state index contributed by atoms with van der Waals surface area (Å²) in [7, 11) is 0. The van der Waals surface area contributed by atoms with Crippen LogP contribution in [-0.2, 0) is 0 Å². The second-order valence-electron chi connectivity index (χ2n) is 4.12. The molecule has 0 aliphatic rings. The summed E-state index contributed by atoms with van der Waals surface area (Å²) in [5.41, 5.74) is 6.32. The molecular weight excluding hydrogens is 224 g/mol. The van der Waals surface area contributed by atoms with Gasteiger partial charge in [-0.05, 0) is 37.8 Å². The maximum absolute atomic E-state index is 11.6. The van der Waals surface area contributed by atoms with Crippen LogP contribution in [0.4, 0.5) is 0 Å². The van der Waals surface area contributed by atoms with Gasteiger partial charge >= 0.3 is 0 Å². The van der Waals surface area contributed by atoms with Gasteiger partial charge in [0.15, 0.2) is 0 Å². The first-order chi connectivity index (χ1) is 8.84. The van der Waals surface area contributed by atoms with E-state index in [-0.39, 0.29) is 5.91 Å².